The van der Waals surface area contributed by atoms with Crippen molar-refractivity contribution in [2.75, 3.05) is 7.11 Å². The molecule has 1 aromatic heterocycles. The highest BCUT2D eigenvalue weighted by atomic mass is 19.4. The van der Waals surface area contributed by atoms with E-state index in [1.54, 1.807) is 12.1 Å². The SMILES string of the molecule is COC(=O)c1ccc2c(C3CCCC3)c(-c3ccc(C(F)(F)F)cc3)n(C)c2c1. The van der Waals surface area contributed by atoms with Gasteiger partial charge in [-0.3, -0.25) is 0 Å². The molecule has 1 aliphatic carbocycles. The van der Waals surface area contributed by atoms with Crippen LogP contribution in [0.15, 0.2) is 42.5 Å². The van der Waals surface area contributed by atoms with E-state index in [2.05, 4.69) is 0 Å². The molecule has 6 heteroatoms. The number of fused-ring (bicyclic) bond motifs is 1. The highest BCUT2D eigenvalue weighted by Crippen LogP contribution is 2.45. The van der Waals surface area contributed by atoms with Gasteiger partial charge in [0.15, 0.2) is 0 Å². The minimum atomic E-state index is -4.36. The van der Waals surface area contributed by atoms with Crippen molar-refractivity contribution >= 4 is 16.9 Å². The van der Waals surface area contributed by atoms with Crippen molar-refractivity contribution in [1.29, 1.82) is 0 Å². The molecule has 1 aliphatic rings. The second-order valence-corrected chi connectivity index (χ2v) is 7.60. The molecule has 0 radical (unpaired) electrons. The van der Waals surface area contributed by atoms with Gasteiger partial charge in [-0.1, -0.05) is 31.0 Å². The summed E-state index contributed by atoms with van der Waals surface area (Å²) in [5.74, 6) is -0.0495. The third kappa shape index (κ3) is 3.41. The first kappa shape index (κ1) is 19.6. The molecular weight excluding hydrogens is 379 g/mol. The molecule has 3 aromatic rings. The largest absolute Gasteiger partial charge is 0.465 e. The third-order valence-corrected chi connectivity index (χ3v) is 5.91. The Hall–Kier alpha value is -2.76. The van der Waals surface area contributed by atoms with Crippen LogP contribution in [0.3, 0.4) is 0 Å². The molecule has 1 heterocycles. The maximum atomic E-state index is 13.0. The van der Waals surface area contributed by atoms with Gasteiger partial charge in [0, 0.05) is 18.0 Å². The zero-order valence-corrected chi connectivity index (χ0v) is 16.3. The normalized spacial score (nSPS) is 15.2. The number of hydrogen-bond acceptors (Lipinski definition) is 2. The topological polar surface area (TPSA) is 31.2 Å². The van der Waals surface area contributed by atoms with Crippen molar-refractivity contribution in [3.8, 4) is 11.3 Å². The van der Waals surface area contributed by atoms with Gasteiger partial charge in [0.2, 0.25) is 0 Å². The van der Waals surface area contributed by atoms with Gasteiger partial charge in [0.1, 0.15) is 0 Å². The molecule has 0 aliphatic heterocycles. The molecule has 0 amide bonds. The van der Waals surface area contributed by atoms with Crippen molar-refractivity contribution in [2.45, 2.75) is 37.8 Å². The summed E-state index contributed by atoms with van der Waals surface area (Å²) in [6, 6.07) is 10.8. The number of ether oxygens (including phenoxy) is 1. The summed E-state index contributed by atoms with van der Waals surface area (Å²) in [5.41, 5.74) is 3.51. The number of aryl methyl sites for hydroxylation is 1. The number of alkyl halides is 3. The molecule has 0 unspecified atom stereocenters. The fourth-order valence-electron chi connectivity index (χ4n) is 4.50. The number of carbonyl (C=O) groups excluding carboxylic acids is 1. The van der Waals surface area contributed by atoms with Crippen LogP contribution in [-0.2, 0) is 18.0 Å². The van der Waals surface area contributed by atoms with Crippen LogP contribution in [-0.4, -0.2) is 17.6 Å². The first-order chi connectivity index (χ1) is 13.8. The summed E-state index contributed by atoms with van der Waals surface area (Å²) in [4.78, 5) is 12.0. The van der Waals surface area contributed by atoms with Gasteiger partial charge in [-0.05, 0) is 54.2 Å². The predicted molar refractivity (Wildman–Crippen MR) is 106 cm³/mol. The highest BCUT2D eigenvalue weighted by Gasteiger charge is 2.31. The molecule has 29 heavy (non-hydrogen) atoms. The lowest BCUT2D eigenvalue weighted by Crippen LogP contribution is -2.04. The van der Waals surface area contributed by atoms with Crippen LogP contribution in [0.2, 0.25) is 0 Å². The van der Waals surface area contributed by atoms with E-state index in [1.165, 1.54) is 19.2 Å². The van der Waals surface area contributed by atoms with Gasteiger partial charge >= 0.3 is 12.1 Å². The minimum Gasteiger partial charge on any atom is -0.465 e. The summed E-state index contributed by atoms with van der Waals surface area (Å²) in [6.07, 6.45) is 0.0552. The number of methoxy groups -OCH3 is 1. The van der Waals surface area contributed by atoms with E-state index in [1.807, 2.05) is 17.7 Å². The van der Waals surface area contributed by atoms with E-state index in [0.29, 0.717) is 11.5 Å². The van der Waals surface area contributed by atoms with Gasteiger partial charge in [0.05, 0.1) is 23.9 Å². The average molecular weight is 401 g/mol. The average Bonchev–Trinajstić information content (AvgIpc) is 3.33. The van der Waals surface area contributed by atoms with Crippen LogP contribution < -0.4 is 0 Å². The third-order valence-electron chi connectivity index (χ3n) is 5.91. The number of rotatable bonds is 3. The minimum absolute atomic E-state index is 0.361. The molecule has 4 rings (SSSR count). The number of carbonyl (C=O) groups is 1. The van der Waals surface area contributed by atoms with E-state index in [4.69, 9.17) is 4.74 Å². The lowest BCUT2D eigenvalue weighted by atomic mass is 9.91. The van der Waals surface area contributed by atoms with E-state index >= 15 is 0 Å². The van der Waals surface area contributed by atoms with Crippen LogP contribution in [0, 0.1) is 0 Å². The Morgan fingerprint density at radius 3 is 2.31 bits per heavy atom. The van der Waals surface area contributed by atoms with Gasteiger partial charge in [-0.15, -0.1) is 0 Å². The smallest absolute Gasteiger partial charge is 0.416 e. The zero-order valence-electron chi connectivity index (χ0n) is 16.3. The van der Waals surface area contributed by atoms with Crippen molar-refractivity contribution < 1.29 is 22.7 Å². The van der Waals surface area contributed by atoms with Gasteiger partial charge in [0.25, 0.3) is 0 Å². The fraction of sp³-hybridized carbons (Fsp3) is 0.348. The Kier molecular flexibility index (Phi) is 4.89. The molecule has 0 bridgehead atoms. The van der Waals surface area contributed by atoms with Crippen LogP contribution in [0.4, 0.5) is 13.2 Å². The second kappa shape index (κ2) is 7.25. The number of nitrogens with zero attached hydrogens (tertiary/aromatic N) is 1. The zero-order chi connectivity index (χ0) is 20.8. The van der Waals surface area contributed by atoms with E-state index in [9.17, 15) is 18.0 Å². The maximum Gasteiger partial charge on any atom is 0.416 e. The summed E-state index contributed by atoms with van der Waals surface area (Å²) >= 11 is 0. The van der Waals surface area contributed by atoms with Crippen LogP contribution in [0.5, 0.6) is 0 Å². The molecule has 152 valence electrons. The monoisotopic (exact) mass is 401 g/mol. The summed E-state index contributed by atoms with van der Waals surface area (Å²) in [6.45, 7) is 0. The van der Waals surface area contributed by atoms with Crippen LogP contribution in [0.1, 0.15) is 53.1 Å². The Morgan fingerprint density at radius 2 is 1.72 bits per heavy atom. The molecule has 0 N–H and O–H groups in total. The summed E-state index contributed by atoms with van der Waals surface area (Å²) < 4.78 is 45.8. The second-order valence-electron chi connectivity index (χ2n) is 7.60. The maximum absolute atomic E-state index is 13.0. The molecule has 1 fully saturated rings. The first-order valence-corrected chi connectivity index (χ1v) is 9.69. The Balaban J connectivity index is 1.92. The van der Waals surface area contributed by atoms with Crippen LogP contribution in [0.25, 0.3) is 22.2 Å². The van der Waals surface area contributed by atoms with Crippen molar-refractivity contribution in [2.24, 2.45) is 7.05 Å². The number of benzene rings is 2. The molecule has 1 saturated carbocycles. The Labute approximate surface area is 167 Å². The lowest BCUT2D eigenvalue weighted by molar-refractivity contribution is -0.137. The van der Waals surface area contributed by atoms with Gasteiger partial charge < -0.3 is 9.30 Å². The van der Waals surface area contributed by atoms with Gasteiger partial charge in [-0.25, -0.2) is 4.79 Å². The standard InChI is InChI=1S/C23H22F3NO2/c1-27-19-13-16(22(28)29-2)9-12-18(19)20(14-5-3-4-6-14)21(27)15-7-10-17(11-8-15)23(24,25)26/h7-14H,3-6H2,1-2H3. The van der Waals surface area contributed by atoms with Crippen molar-refractivity contribution in [3.05, 3.63) is 59.2 Å². The van der Waals surface area contributed by atoms with E-state index in [0.717, 1.165) is 65.5 Å². The van der Waals surface area contributed by atoms with E-state index < -0.39 is 17.7 Å². The summed E-state index contributed by atoms with van der Waals surface area (Å²) in [5, 5.41) is 1.04. The molecule has 3 nitrogen and oxygen atoms in total. The fourth-order valence-corrected chi connectivity index (χ4v) is 4.50. The molecular formula is C23H22F3NO2. The highest BCUT2D eigenvalue weighted by molar-refractivity contribution is 5.98. The molecule has 0 spiro atoms. The molecule has 0 atom stereocenters. The Bertz CT molecular complexity index is 1060. The van der Waals surface area contributed by atoms with Crippen LogP contribution >= 0.6 is 0 Å². The Morgan fingerprint density at radius 1 is 1.07 bits per heavy atom. The number of esters is 1. The summed E-state index contributed by atoms with van der Waals surface area (Å²) in [7, 11) is 3.24. The molecule has 2 aromatic carbocycles. The lowest BCUT2D eigenvalue weighted by Gasteiger charge is -2.14. The first-order valence-electron chi connectivity index (χ1n) is 9.69. The predicted octanol–water partition coefficient (Wildman–Crippen LogP) is 6.31. The number of hydrogen-bond donors (Lipinski definition) is 0. The van der Waals surface area contributed by atoms with Crippen molar-refractivity contribution in [3.63, 3.8) is 0 Å². The van der Waals surface area contributed by atoms with E-state index in [-0.39, 0.29) is 0 Å². The number of aromatic nitrogens is 1. The quantitative estimate of drug-likeness (QED) is 0.482. The molecule has 0 saturated heterocycles. The van der Waals surface area contributed by atoms with Gasteiger partial charge in [-0.2, -0.15) is 13.2 Å². The number of halogens is 3. The van der Waals surface area contributed by atoms with Crippen molar-refractivity contribution in [1.82, 2.24) is 4.57 Å².